The molecule has 0 amide bonds. The Kier molecular flexibility index (Phi) is 5.68. The molecule has 0 saturated carbocycles. The van der Waals surface area contributed by atoms with Crippen molar-refractivity contribution in [3.8, 4) is 0 Å². The summed E-state index contributed by atoms with van der Waals surface area (Å²) in [6, 6.07) is 10.6. The number of rotatable bonds is 7. The number of nitrogens with zero attached hydrogens (tertiary/aromatic N) is 2. The molecule has 2 rings (SSSR count). The predicted octanol–water partition coefficient (Wildman–Crippen LogP) is 3.83. The Hall–Kier alpha value is -1.26. The van der Waals surface area contributed by atoms with Gasteiger partial charge in [0.1, 0.15) is 10.0 Å². The minimum Gasteiger partial charge on any atom is -0.310 e. The van der Waals surface area contributed by atoms with Gasteiger partial charge in [-0.3, -0.25) is 0 Å². The van der Waals surface area contributed by atoms with Crippen molar-refractivity contribution in [3.63, 3.8) is 0 Å². The molecule has 0 aliphatic heterocycles. The molecular weight excluding hydrogens is 266 g/mol. The van der Waals surface area contributed by atoms with Crippen molar-refractivity contribution in [1.82, 2.24) is 15.5 Å². The summed E-state index contributed by atoms with van der Waals surface area (Å²) < 4.78 is 0. The highest BCUT2D eigenvalue weighted by molar-refractivity contribution is 7.11. The van der Waals surface area contributed by atoms with E-state index in [4.69, 9.17) is 0 Å². The molecule has 1 N–H and O–H groups in total. The molecule has 0 aliphatic carbocycles. The summed E-state index contributed by atoms with van der Waals surface area (Å²) in [6.07, 6.45) is 1.05. The Balaban J connectivity index is 2.03. The Morgan fingerprint density at radius 3 is 2.55 bits per heavy atom. The van der Waals surface area contributed by atoms with Crippen LogP contribution < -0.4 is 5.32 Å². The van der Waals surface area contributed by atoms with Gasteiger partial charge in [0.2, 0.25) is 0 Å². The molecule has 0 aliphatic rings. The molecule has 20 heavy (non-hydrogen) atoms. The maximum absolute atomic E-state index is 4.39. The molecule has 0 bridgehead atoms. The van der Waals surface area contributed by atoms with Crippen molar-refractivity contribution in [2.75, 3.05) is 6.54 Å². The van der Waals surface area contributed by atoms with Gasteiger partial charge in [-0.2, -0.15) is 0 Å². The van der Waals surface area contributed by atoms with Gasteiger partial charge < -0.3 is 5.32 Å². The van der Waals surface area contributed by atoms with Crippen LogP contribution in [0.2, 0.25) is 0 Å². The third-order valence-electron chi connectivity index (χ3n) is 3.22. The van der Waals surface area contributed by atoms with Crippen molar-refractivity contribution in [2.24, 2.45) is 5.92 Å². The van der Waals surface area contributed by atoms with Crippen LogP contribution in [-0.4, -0.2) is 16.7 Å². The minimum atomic E-state index is 0.368. The first-order valence-corrected chi connectivity index (χ1v) is 8.10. The second-order valence-electron chi connectivity index (χ2n) is 5.43. The lowest BCUT2D eigenvalue weighted by Gasteiger charge is -2.11. The molecule has 1 aromatic heterocycles. The second-order valence-corrected chi connectivity index (χ2v) is 6.52. The van der Waals surface area contributed by atoms with E-state index in [1.165, 1.54) is 5.56 Å². The number of nitrogens with one attached hydrogen (secondary N) is 1. The molecular formula is C16H23N3S. The molecule has 1 aromatic carbocycles. The zero-order chi connectivity index (χ0) is 14.4. The largest absolute Gasteiger partial charge is 0.310 e. The summed E-state index contributed by atoms with van der Waals surface area (Å²) >= 11 is 1.73. The second kappa shape index (κ2) is 7.50. The molecule has 0 radical (unpaired) electrons. The fraction of sp³-hybridized carbons (Fsp3) is 0.500. The summed E-state index contributed by atoms with van der Waals surface area (Å²) in [5, 5.41) is 14.3. The van der Waals surface area contributed by atoms with Crippen LogP contribution in [0.4, 0.5) is 0 Å². The monoisotopic (exact) mass is 289 g/mol. The summed E-state index contributed by atoms with van der Waals surface area (Å²) in [7, 11) is 0. The van der Waals surface area contributed by atoms with Gasteiger partial charge in [-0.25, -0.2) is 0 Å². The molecule has 0 fully saturated rings. The molecule has 4 heteroatoms. The van der Waals surface area contributed by atoms with Gasteiger partial charge in [0, 0.05) is 12.5 Å². The van der Waals surface area contributed by atoms with Crippen molar-refractivity contribution in [3.05, 3.63) is 45.9 Å². The fourth-order valence-electron chi connectivity index (χ4n) is 2.18. The zero-order valence-corrected chi connectivity index (χ0v) is 13.3. The lowest BCUT2D eigenvalue weighted by Crippen LogP contribution is -2.18. The topological polar surface area (TPSA) is 37.8 Å². The average Bonchev–Trinajstić information content (AvgIpc) is 2.89. The van der Waals surface area contributed by atoms with Crippen LogP contribution in [0.1, 0.15) is 48.7 Å². The summed E-state index contributed by atoms with van der Waals surface area (Å²) in [6.45, 7) is 8.46. The molecule has 1 heterocycles. The highest BCUT2D eigenvalue weighted by Gasteiger charge is 2.16. The van der Waals surface area contributed by atoms with E-state index < -0.39 is 0 Å². The molecule has 3 nitrogen and oxygen atoms in total. The van der Waals surface area contributed by atoms with E-state index in [0.717, 1.165) is 29.5 Å². The third-order valence-corrected chi connectivity index (χ3v) is 4.26. The Labute approximate surface area is 125 Å². The van der Waals surface area contributed by atoms with E-state index in [9.17, 15) is 0 Å². The van der Waals surface area contributed by atoms with Crippen LogP contribution >= 0.6 is 11.3 Å². The lowest BCUT2D eigenvalue weighted by molar-refractivity contribution is 0.550. The van der Waals surface area contributed by atoms with Crippen LogP contribution in [0.3, 0.4) is 0 Å². The summed E-state index contributed by atoms with van der Waals surface area (Å²) in [4.78, 5) is 0. The van der Waals surface area contributed by atoms with Gasteiger partial charge >= 0.3 is 0 Å². The van der Waals surface area contributed by atoms with E-state index in [1.807, 2.05) is 0 Å². The summed E-state index contributed by atoms with van der Waals surface area (Å²) in [5.41, 5.74) is 1.33. The van der Waals surface area contributed by atoms with Gasteiger partial charge in [0.05, 0.1) is 0 Å². The number of benzene rings is 1. The normalized spacial score (nSPS) is 12.8. The predicted molar refractivity (Wildman–Crippen MR) is 85.0 cm³/mol. The molecule has 2 aromatic rings. The maximum Gasteiger partial charge on any atom is 0.131 e. The molecule has 1 unspecified atom stereocenters. The molecule has 0 saturated heterocycles. The minimum absolute atomic E-state index is 0.368. The standard InChI is InChI=1S/C16H23N3S/c1-4-14(13-8-6-5-7-9-13)16-19-18-15(20-16)11-17-10-12(2)3/h5-9,12,14,17H,4,10-11H2,1-3H3. The van der Waals surface area contributed by atoms with Crippen LogP contribution in [0.5, 0.6) is 0 Å². The van der Waals surface area contributed by atoms with E-state index >= 15 is 0 Å². The highest BCUT2D eigenvalue weighted by atomic mass is 32.1. The lowest BCUT2D eigenvalue weighted by atomic mass is 9.97. The first-order chi connectivity index (χ1) is 9.70. The smallest absolute Gasteiger partial charge is 0.131 e. The van der Waals surface area contributed by atoms with E-state index in [-0.39, 0.29) is 0 Å². The van der Waals surface area contributed by atoms with Gasteiger partial charge in [0.25, 0.3) is 0 Å². The SMILES string of the molecule is CCC(c1ccccc1)c1nnc(CNCC(C)C)s1. The highest BCUT2D eigenvalue weighted by Crippen LogP contribution is 2.29. The fourth-order valence-corrected chi connectivity index (χ4v) is 3.21. The number of hydrogen-bond donors (Lipinski definition) is 1. The Morgan fingerprint density at radius 2 is 1.90 bits per heavy atom. The third kappa shape index (κ3) is 4.12. The van der Waals surface area contributed by atoms with Gasteiger partial charge in [-0.05, 0) is 24.4 Å². The van der Waals surface area contributed by atoms with Gasteiger partial charge in [0.15, 0.2) is 0 Å². The zero-order valence-electron chi connectivity index (χ0n) is 12.5. The number of aromatic nitrogens is 2. The van der Waals surface area contributed by atoms with Crippen molar-refractivity contribution in [2.45, 2.75) is 39.7 Å². The molecule has 0 spiro atoms. The first kappa shape index (κ1) is 15.1. The van der Waals surface area contributed by atoms with E-state index in [2.05, 4.69) is 66.6 Å². The van der Waals surface area contributed by atoms with Crippen molar-refractivity contribution < 1.29 is 0 Å². The Morgan fingerprint density at radius 1 is 1.15 bits per heavy atom. The first-order valence-electron chi connectivity index (χ1n) is 7.28. The van der Waals surface area contributed by atoms with Crippen LogP contribution in [0.15, 0.2) is 30.3 Å². The summed E-state index contributed by atoms with van der Waals surface area (Å²) in [5.74, 6) is 1.03. The van der Waals surface area contributed by atoms with Crippen molar-refractivity contribution >= 4 is 11.3 Å². The van der Waals surface area contributed by atoms with Crippen LogP contribution in [-0.2, 0) is 6.54 Å². The molecule has 1 atom stereocenters. The quantitative estimate of drug-likeness (QED) is 0.842. The van der Waals surface area contributed by atoms with E-state index in [0.29, 0.717) is 11.8 Å². The van der Waals surface area contributed by atoms with Crippen molar-refractivity contribution in [1.29, 1.82) is 0 Å². The average molecular weight is 289 g/mol. The molecule has 108 valence electrons. The van der Waals surface area contributed by atoms with Gasteiger partial charge in [-0.15, -0.1) is 10.2 Å². The van der Waals surface area contributed by atoms with Gasteiger partial charge in [-0.1, -0.05) is 62.4 Å². The van der Waals surface area contributed by atoms with Crippen LogP contribution in [0, 0.1) is 5.92 Å². The van der Waals surface area contributed by atoms with Crippen LogP contribution in [0.25, 0.3) is 0 Å². The Bertz CT molecular complexity index is 507. The number of hydrogen-bond acceptors (Lipinski definition) is 4. The van der Waals surface area contributed by atoms with E-state index in [1.54, 1.807) is 11.3 Å². The maximum atomic E-state index is 4.39.